The fourth-order valence-electron chi connectivity index (χ4n) is 6.65. The maximum atomic E-state index is 14.7. The highest BCUT2D eigenvalue weighted by molar-refractivity contribution is 6.18. The minimum absolute atomic E-state index is 0.00723. The Morgan fingerprint density at radius 1 is 0.889 bits per heavy atom. The average Bonchev–Trinajstić information content (AvgIpc) is 3.56. The van der Waals surface area contributed by atoms with Gasteiger partial charge in [-0.3, -0.25) is 4.90 Å². The monoisotopic (exact) mass is 612 g/mol. The molecule has 3 atom stereocenters. The molecule has 0 radical (unpaired) electrons. The van der Waals surface area contributed by atoms with Gasteiger partial charge in [-0.1, -0.05) is 60.7 Å². The molecular weight excluding hydrogens is 583 g/mol. The number of urea groups is 1. The largest absolute Gasteiger partial charge is 0.467 e. The van der Waals surface area contributed by atoms with E-state index in [9.17, 15) is 23.6 Å². The number of amides is 2. The predicted molar refractivity (Wildman–Crippen MR) is 161 cm³/mol. The Kier molecular flexibility index (Phi) is 7.57. The van der Waals surface area contributed by atoms with E-state index in [1.165, 1.54) is 32.4 Å². The van der Waals surface area contributed by atoms with Crippen LogP contribution in [-0.4, -0.2) is 68.1 Å². The average molecular weight is 613 g/mol. The van der Waals surface area contributed by atoms with Gasteiger partial charge in [-0.15, -0.1) is 0 Å². The van der Waals surface area contributed by atoms with Gasteiger partial charge in [-0.25, -0.2) is 28.6 Å². The molecule has 3 aliphatic heterocycles. The molecule has 1 spiro atoms. The van der Waals surface area contributed by atoms with Crippen LogP contribution in [0.3, 0.4) is 0 Å². The van der Waals surface area contributed by atoms with Crippen LogP contribution in [-0.2, 0) is 40.6 Å². The fraction of sp³-hybridized carbons (Fsp3) is 0.242. The molecule has 230 valence electrons. The van der Waals surface area contributed by atoms with Crippen LogP contribution in [0.1, 0.15) is 17.5 Å². The third-order valence-electron chi connectivity index (χ3n) is 8.46. The fourth-order valence-corrected chi connectivity index (χ4v) is 6.65. The molecule has 3 aliphatic rings. The van der Waals surface area contributed by atoms with Crippen LogP contribution >= 0.6 is 0 Å². The number of anilines is 2. The van der Waals surface area contributed by atoms with E-state index >= 15 is 0 Å². The first-order valence-corrected chi connectivity index (χ1v) is 14.1. The molecule has 1 N–H and O–H groups in total. The number of hydrogen-bond acceptors (Lipinski definition) is 9. The summed E-state index contributed by atoms with van der Waals surface area (Å²) in [5.74, 6) is -3.21. The number of amidine groups is 1. The third kappa shape index (κ3) is 4.60. The third-order valence-corrected chi connectivity index (χ3v) is 8.46. The van der Waals surface area contributed by atoms with Crippen molar-refractivity contribution in [1.29, 1.82) is 0 Å². The number of benzene rings is 3. The van der Waals surface area contributed by atoms with Crippen LogP contribution in [0.15, 0.2) is 95.1 Å². The van der Waals surface area contributed by atoms with Crippen molar-refractivity contribution in [1.82, 2.24) is 4.90 Å². The van der Waals surface area contributed by atoms with Crippen molar-refractivity contribution in [3.63, 3.8) is 0 Å². The van der Waals surface area contributed by atoms with Crippen LogP contribution < -0.4 is 10.2 Å². The standard InChI is InChI=1S/C33H29FN4O7/c1-43-28(39)24-17-33-20-13-7-10-16-23(20)37(18-19-11-5-4-6-12-19)27(33)25(29(40)44-2)26(30(41)45-3)36-31(33)38(24)32(42)35-22-15-9-8-14-21(22)34/h4-16,24,27H,17-18H2,1-3H3,(H,35,42)/t24-,27-,33-/m0/s1. The van der Waals surface area contributed by atoms with Crippen molar-refractivity contribution < 1.29 is 37.8 Å². The summed E-state index contributed by atoms with van der Waals surface area (Å²) < 4.78 is 30.1. The highest BCUT2D eigenvalue weighted by atomic mass is 19.1. The number of aliphatic imine (C=N–C) groups is 1. The highest BCUT2D eigenvalue weighted by Gasteiger charge is 2.68. The summed E-state index contributed by atoms with van der Waals surface area (Å²) >= 11 is 0. The number of carbonyl (C=O) groups excluding carboxylic acids is 4. The number of halogens is 1. The Hall–Kier alpha value is -5.52. The summed E-state index contributed by atoms with van der Waals surface area (Å²) in [6, 6.07) is 19.3. The van der Waals surface area contributed by atoms with Gasteiger partial charge in [0.1, 0.15) is 17.7 Å². The predicted octanol–water partition coefficient (Wildman–Crippen LogP) is 3.94. The van der Waals surface area contributed by atoms with E-state index in [2.05, 4.69) is 10.3 Å². The molecule has 0 saturated carbocycles. The van der Waals surface area contributed by atoms with Gasteiger partial charge >= 0.3 is 23.9 Å². The van der Waals surface area contributed by atoms with Gasteiger partial charge in [0, 0.05) is 12.2 Å². The number of esters is 3. The number of hydrogen-bond donors (Lipinski definition) is 1. The number of methoxy groups -OCH3 is 3. The van der Waals surface area contributed by atoms with Crippen molar-refractivity contribution in [2.24, 2.45) is 4.99 Å². The van der Waals surface area contributed by atoms with E-state index in [4.69, 9.17) is 14.2 Å². The molecule has 2 amide bonds. The van der Waals surface area contributed by atoms with Gasteiger partial charge in [0.05, 0.1) is 44.0 Å². The minimum atomic E-state index is -1.32. The van der Waals surface area contributed by atoms with Crippen LogP contribution in [0.5, 0.6) is 0 Å². The van der Waals surface area contributed by atoms with Crippen molar-refractivity contribution in [2.75, 3.05) is 31.5 Å². The van der Waals surface area contributed by atoms with E-state index in [-0.39, 0.29) is 35.8 Å². The van der Waals surface area contributed by atoms with Gasteiger partial charge in [0.15, 0.2) is 5.70 Å². The Labute approximate surface area is 257 Å². The SMILES string of the molecule is COC(=O)C1=C(C(=O)OC)[C@@H]2N(Cc3ccccc3)c3ccccc3[C@@]23C[C@@H](C(=O)OC)N(C(=O)Nc2ccccc2F)C3=N1. The first-order chi connectivity index (χ1) is 21.8. The first kappa shape index (κ1) is 29.5. The maximum Gasteiger partial charge on any atom is 0.357 e. The van der Waals surface area contributed by atoms with Gasteiger partial charge in [-0.05, 0) is 35.7 Å². The van der Waals surface area contributed by atoms with E-state index < -0.39 is 47.3 Å². The lowest BCUT2D eigenvalue weighted by Crippen LogP contribution is -2.56. The maximum absolute atomic E-state index is 14.7. The molecule has 0 unspecified atom stereocenters. The molecule has 1 saturated heterocycles. The second kappa shape index (κ2) is 11.5. The van der Waals surface area contributed by atoms with Crippen molar-refractivity contribution in [3.05, 3.63) is 107 Å². The van der Waals surface area contributed by atoms with Crippen LogP contribution in [0.4, 0.5) is 20.6 Å². The molecule has 1 fully saturated rings. The smallest absolute Gasteiger partial charge is 0.357 e. The van der Waals surface area contributed by atoms with E-state index in [0.717, 1.165) is 17.6 Å². The summed E-state index contributed by atoms with van der Waals surface area (Å²) in [6.45, 7) is 0.289. The Morgan fingerprint density at radius 3 is 2.24 bits per heavy atom. The highest BCUT2D eigenvalue weighted by Crippen LogP contribution is 2.58. The second-order valence-electron chi connectivity index (χ2n) is 10.7. The molecule has 12 heteroatoms. The van der Waals surface area contributed by atoms with Gasteiger partial charge in [-0.2, -0.15) is 0 Å². The molecule has 6 rings (SSSR count). The Morgan fingerprint density at radius 2 is 1.56 bits per heavy atom. The molecule has 3 aromatic rings. The molecule has 3 heterocycles. The number of para-hydroxylation sites is 2. The van der Waals surface area contributed by atoms with Crippen molar-refractivity contribution in [3.8, 4) is 0 Å². The molecule has 45 heavy (non-hydrogen) atoms. The van der Waals surface area contributed by atoms with Crippen molar-refractivity contribution in [2.45, 2.75) is 30.5 Å². The number of ether oxygens (including phenoxy) is 3. The number of nitrogens with one attached hydrogen (secondary N) is 1. The summed E-state index contributed by atoms with van der Waals surface area (Å²) in [7, 11) is 3.53. The zero-order valence-corrected chi connectivity index (χ0v) is 24.7. The summed E-state index contributed by atoms with van der Waals surface area (Å²) in [4.78, 5) is 62.1. The molecule has 11 nitrogen and oxygen atoms in total. The Bertz CT molecular complexity index is 1780. The van der Waals surface area contributed by atoms with E-state index in [1.54, 1.807) is 12.1 Å². The number of carbonyl (C=O) groups is 4. The normalized spacial score (nSPS) is 21.3. The number of fused-ring (bicyclic) bond motifs is 1. The summed E-state index contributed by atoms with van der Waals surface area (Å²) in [5, 5.41) is 2.53. The number of rotatable bonds is 6. The quantitative estimate of drug-likeness (QED) is 0.328. The number of nitrogens with zero attached hydrogens (tertiary/aromatic N) is 3. The van der Waals surface area contributed by atoms with Crippen LogP contribution in [0, 0.1) is 5.82 Å². The van der Waals surface area contributed by atoms with E-state index in [0.29, 0.717) is 11.3 Å². The second-order valence-corrected chi connectivity index (χ2v) is 10.7. The van der Waals surface area contributed by atoms with Gasteiger partial charge in [0.2, 0.25) is 0 Å². The zero-order valence-electron chi connectivity index (χ0n) is 24.7. The van der Waals surface area contributed by atoms with E-state index in [1.807, 2.05) is 53.4 Å². The lowest BCUT2D eigenvalue weighted by molar-refractivity contribution is -0.144. The van der Waals surface area contributed by atoms with Gasteiger partial charge in [0.25, 0.3) is 0 Å². The van der Waals surface area contributed by atoms with Gasteiger partial charge < -0.3 is 24.4 Å². The molecule has 0 aromatic heterocycles. The molecule has 0 aliphatic carbocycles. The first-order valence-electron chi connectivity index (χ1n) is 14.1. The molecule has 0 bridgehead atoms. The molecule has 3 aromatic carbocycles. The molecular formula is C33H29FN4O7. The summed E-state index contributed by atoms with van der Waals surface area (Å²) in [6.07, 6.45) is -0.0644. The Balaban J connectivity index is 1.63. The lowest BCUT2D eigenvalue weighted by atomic mass is 9.69. The number of likely N-dealkylation sites (tertiary alicyclic amines) is 1. The minimum Gasteiger partial charge on any atom is -0.467 e. The van der Waals surface area contributed by atoms with Crippen LogP contribution in [0.2, 0.25) is 0 Å². The summed E-state index contributed by atoms with van der Waals surface area (Å²) in [5.41, 5.74) is 0.361. The lowest BCUT2D eigenvalue weighted by Gasteiger charge is -2.40. The van der Waals surface area contributed by atoms with Crippen molar-refractivity contribution >= 4 is 41.1 Å². The topological polar surface area (TPSA) is 127 Å². The zero-order chi connectivity index (χ0) is 31.9. The van der Waals surface area contributed by atoms with Crippen LogP contribution in [0.25, 0.3) is 0 Å².